The van der Waals surface area contributed by atoms with E-state index < -0.39 is 33.9 Å². The number of nitrogens with one attached hydrogen (secondary N) is 2. The first-order valence-electron chi connectivity index (χ1n) is 14.7. The number of ether oxygens (including phenoxy) is 1. The first kappa shape index (κ1) is 30.0. The number of carbonyl (C=O) groups is 2. The third-order valence-electron chi connectivity index (χ3n) is 8.58. The Bertz CT molecular complexity index is 1550. The molecule has 1 amide bonds. The first-order valence-corrected chi connectivity index (χ1v) is 16.3. The van der Waals surface area contributed by atoms with Crippen LogP contribution >= 0.6 is 0 Å². The summed E-state index contributed by atoms with van der Waals surface area (Å²) >= 11 is 0. The van der Waals surface area contributed by atoms with Crippen molar-refractivity contribution in [2.75, 3.05) is 23.7 Å². The lowest BCUT2D eigenvalue weighted by atomic mass is 9.94. The summed E-state index contributed by atoms with van der Waals surface area (Å²) in [5.74, 6) is -0.870. The highest BCUT2D eigenvalue weighted by atomic mass is 32.2. The van der Waals surface area contributed by atoms with Crippen LogP contribution in [-0.4, -0.2) is 62.9 Å². The minimum Gasteiger partial charge on any atom is -0.461 e. The quantitative estimate of drug-likeness (QED) is 0.324. The number of hydrogen-bond acceptors (Lipinski definition) is 6. The summed E-state index contributed by atoms with van der Waals surface area (Å²) in [6.45, 7) is 3.06. The molecule has 11 heteroatoms. The smallest absolute Gasteiger partial charge is 0.293 e. The molecule has 2 heterocycles. The van der Waals surface area contributed by atoms with Crippen LogP contribution < -0.4 is 14.9 Å². The van der Waals surface area contributed by atoms with Crippen LogP contribution in [0.4, 0.5) is 10.1 Å². The maximum Gasteiger partial charge on any atom is 0.293 e. The van der Waals surface area contributed by atoms with E-state index in [1.54, 1.807) is 24.3 Å². The van der Waals surface area contributed by atoms with Crippen LogP contribution in [0.15, 0.2) is 42.6 Å². The molecule has 2 N–H and O–H groups in total. The predicted octanol–water partition coefficient (Wildman–Crippen LogP) is 3.93. The van der Waals surface area contributed by atoms with Crippen molar-refractivity contribution in [1.82, 2.24) is 15.2 Å². The number of benzene rings is 2. The second-order valence-electron chi connectivity index (χ2n) is 11.3. The van der Waals surface area contributed by atoms with Gasteiger partial charge in [0.25, 0.3) is 12.4 Å². The van der Waals surface area contributed by atoms with Gasteiger partial charge in [-0.15, -0.1) is 0 Å². The molecule has 0 unspecified atom stereocenters. The molecule has 0 saturated heterocycles. The van der Waals surface area contributed by atoms with E-state index in [-0.39, 0.29) is 12.2 Å². The van der Waals surface area contributed by atoms with Gasteiger partial charge in [-0.2, -0.15) is 0 Å². The van der Waals surface area contributed by atoms with Gasteiger partial charge in [0.05, 0.1) is 23.0 Å². The fourth-order valence-electron chi connectivity index (χ4n) is 6.21. The monoisotopic (exact) mass is 598 g/mol. The van der Waals surface area contributed by atoms with Crippen molar-refractivity contribution in [1.29, 1.82) is 0 Å². The van der Waals surface area contributed by atoms with E-state index in [1.165, 1.54) is 29.9 Å². The Hall–Kier alpha value is -3.44. The molecule has 2 atom stereocenters. The van der Waals surface area contributed by atoms with E-state index in [2.05, 4.69) is 10.6 Å². The molecule has 2 aliphatic rings. The Morgan fingerprint density at radius 2 is 1.98 bits per heavy atom. The number of hydrogen-bond donors (Lipinski definition) is 2. The van der Waals surface area contributed by atoms with Crippen molar-refractivity contribution in [2.24, 2.45) is 0 Å². The number of nitrogens with zero attached hydrogens (tertiary/aromatic N) is 2. The van der Waals surface area contributed by atoms with Crippen LogP contribution in [0.1, 0.15) is 60.5 Å². The SMILES string of the molecule is CCc1cn2c3c(cc(C(=O)N[C@@H](Cc4cccc(F)c4)[C@@H](CNC4CCCCC4)OC=O)cc13)N(C)S(=O)(=O)CC2. The molecule has 1 saturated carbocycles. The van der Waals surface area contributed by atoms with Crippen molar-refractivity contribution in [3.63, 3.8) is 0 Å². The number of carbonyl (C=O) groups excluding carboxylic acids is 2. The van der Waals surface area contributed by atoms with E-state index in [0.29, 0.717) is 42.4 Å². The van der Waals surface area contributed by atoms with Gasteiger partial charge in [0.1, 0.15) is 11.9 Å². The van der Waals surface area contributed by atoms with Gasteiger partial charge in [0.2, 0.25) is 10.0 Å². The molecule has 0 spiro atoms. The third kappa shape index (κ3) is 6.47. The Balaban J connectivity index is 1.48. The maximum atomic E-state index is 14.1. The Kier molecular flexibility index (Phi) is 9.17. The summed E-state index contributed by atoms with van der Waals surface area (Å²) in [7, 11) is -2.06. The highest BCUT2D eigenvalue weighted by molar-refractivity contribution is 7.92. The second-order valence-corrected chi connectivity index (χ2v) is 13.4. The molecule has 2 aromatic carbocycles. The van der Waals surface area contributed by atoms with E-state index >= 15 is 0 Å². The normalized spacial score (nSPS) is 18.3. The zero-order chi connectivity index (χ0) is 29.9. The molecule has 9 nitrogen and oxygen atoms in total. The van der Waals surface area contributed by atoms with Crippen molar-refractivity contribution in [3.05, 3.63) is 65.1 Å². The average Bonchev–Trinajstić information content (AvgIpc) is 3.31. The molecular formula is C31H39FN4O5S. The molecule has 3 aromatic rings. The van der Waals surface area contributed by atoms with Gasteiger partial charge in [0.15, 0.2) is 0 Å². The van der Waals surface area contributed by atoms with Gasteiger partial charge in [-0.3, -0.25) is 13.9 Å². The van der Waals surface area contributed by atoms with E-state index in [0.717, 1.165) is 48.6 Å². The number of halogens is 1. The lowest BCUT2D eigenvalue weighted by molar-refractivity contribution is -0.134. The fraction of sp³-hybridized carbons (Fsp3) is 0.484. The fourth-order valence-corrected chi connectivity index (χ4v) is 7.35. The van der Waals surface area contributed by atoms with Crippen LogP contribution in [-0.2, 0) is 38.9 Å². The lowest BCUT2D eigenvalue weighted by Crippen LogP contribution is -2.51. The average molecular weight is 599 g/mol. The number of aryl methyl sites for hydroxylation is 2. The van der Waals surface area contributed by atoms with Gasteiger partial charge in [-0.05, 0) is 61.1 Å². The third-order valence-corrected chi connectivity index (χ3v) is 10.3. The molecule has 1 aliphatic heterocycles. The molecule has 42 heavy (non-hydrogen) atoms. The van der Waals surface area contributed by atoms with E-state index in [9.17, 15) is 22.4 Å². The van der Waals surface area contributed by atoms with E-state index in [4.69, 9.17) is 4.74 Å². The maximum absolute atomic E-state index is 14.1. The van der Waals surface area contributed by atoms with Crippen molar-refractivity contribution < 1.29 is 27.1 Å². The summed E-state index contributed by atoms with van der Waals surface area (Å²) in [5.41, 5.74) is 3.18. The van der Waals surface area contributed by atoms with Gasteiger partial charge in [-0.25, -0.2) is 12.8 Å². The van der Waals surface area contributed by atoms with Crippen LogP contribution in [0.25, 0.3) is 10.9 Å². The Morgan fingerprint density at radius 3 is 2.69 bits per heavy atom. The highest BCUT2D eigenvalue weighted by Crippen LogP contribution is 2.35. The molecule has 1 fully saturated rings. The summed E-state index contributed by atoms with van der Waals surface area (Å²) in [6.07, 6.45) is 7.74. The number of rotatable bonds is 11. The molecule has 226 valence electrons. The highest BCUT2D eigenvalue weighted by Gasteiger charge is 2.30. The van der Waals surface area contributed by atoms with Gasteiger partial charge < -0.3 is 19.9 Å². The summed E-state index contributed by atoms with van der Waals surface area (Å²) in [6, 6.07) is 9.16. The minimum atomic E-state index is -3.57. The number of aromatic nitrogens is 1. The van der Waals surface area contributed by atoms with E-state index in [1.807, 2.05) is 17.7 Å². The lowest BCUT2D eigenvalue weighted by Gasteiger charge is -2.30. The van der Waals surface area contributed by atoms with Crippen LogP contribution in [0, 0.1) is 5.82 Å². The van der Waals surface area contributed by atoms with Crippen LogP contribution in [0.3, 0.4) is 0 Å². The zero-order valence-corrected chi connectivity index (χ0v) is 25.0. The minimum absolute atomic E-state index is 0.0406. The summed E-state index contributed by atoms with van der Waals surface area (Å²) in [4.78, 5) is 25.5. The Labute approximate surface area is 246 Å². The van der Waals surface area contributed by atoms with Crippen molar-refractivity contribution >= 4 is 39.0 Å². The first-order chi connectivity index (χ1) is 20.2. The zero-order valence-electron chi connectivity index (χ0n) is 24.1. The van der Waals surface area contributed by atoms with Gasteiger partial charge >= 0.3 is 0 Å². The predicted molar refractivity (Wildman–Crippen MR) is 161 cm³/mol. The molecule has 0 bridgehead atoms. The summed E-state index contributed by atoms with van der Waals surface area (Å²) in [5, 5.41) is 7.37. The van der Waals surface area contributed by atoms with Crippen LogP contribution in [0.2, 0.25) is 0 Å². The molecule has 1 aliphatic carbocycles. The number of anilines is 1. The topological polar surface area (TPSA) is 110 Å². The number of amides is 1. The van der Waals surface area contributed by atoms with Crippen molar-refractivity contribution in [3.8, 4) is 0 Å². The van der Waals surface area contributed by atoms with Gasteiger partial charge in [-0.1, -0.05) is 38.3 Å². The molecule has 0 radical (unpaired) electrons. The van der Waals surface area contributed by atoms with Gasteiger partial charge in [0, 0.05) is 43.3 Å². The molecule has 5 rings (SSSR count). The van der Waals surface area contributed by atoms with Crippen molar-refractivity contribution in [2.45, 2.75) is 76.6 Å². The Morgan fingerprint density at radius 1 is 1.19 bits per heavy atom. The standard InChI is InChI=1S/C31H39FN4O5S/c1-3-22-19-36-12-13-42(39,40)35(2)28-17-23(16-26(22)30(28)36)31(38)34-27(15-21-8-7-9-24(32)14-21)29(41-20-37)18-33-25-10-5-4-6-11-25/h7-9,14,16-17,19-20,25,27,29,33H,3-6,10-13,15,18H2,1-2H3,(H,34,38)/t27-,29+/m0/s1. The molecular weight excluding hydrogens is 559 g/mol. The second kappa shape index (κ2) is 12.8. The molecule has 1 aromatic heterocycles. The summed E-state index contributed by atoms with van der Waals surface area (Å²) < 4.78 is 48.7. The van der Waals surface area contributed by atoms with Crippen LogP contribution in [0.5, 0.6) is 0 Å². The number of sulfonamides is 1. The largest absolute Gasteiger partial charge is 0.461 e.